The number of hydrogen-bond donors (Lipinski definition) is 1. The van der Waals surface area contributed by atoms with Gasteiger partial charge in [0.15, 0.2) is 0 Å². The van der Waals surface area contributed by atoms with E-state index < -0.39 is 0 Å². The van der Waals surface area contributed by atoms with Gasteiger partial charge in [0.1, 0.15) is 11.6 Å². The standard InChI is InChI=1S/C13H22N4OS/c1-3-18-13-10-12(15-11(2)16-13)14-4-5-17-6-8-19-9-7-17/h10H,3-9H2,1-2H3,(H,14,15,16). The fourth-order valence-electron chi connectivity index (χ4n) is 2.02. The Labute approximate surface area is 119 Å². The molecule has 0 aliphatic carbocycles. The maximum Gasteiger partial charge on any atom is 0.218 e. The number of thioether (sulfide) groups is 1. The summed E-state index contributed by atoms with van der Waals surface area (Å²) in [5.74, 6) is 4.74. The van der Waals surface area contributed by atoms with Crippen LogP contribution in [-0.4, -0.2) is 59.2 Å². The molecule has 2 rings (SSSR count). The third-order valence-corrected chi connectivity index (χ3v) is 3.89. The zero-order valence-corrected chi connectivity index (χ0v) is 12.5. The van der Waals surface area contributed by atoms with Gasteiger partial charge in [-0.1, -0.05) is 0 Å². The van der Waals surface area contributed by atoms with Gasteiger partial charge in [0.25, 0.3) is 0 Å². The van der Waals surface area contributed by atoms with Crippen LogP contribution in [0.25, 0.3) is 0 Å². The highest BCUT2D eigenvalue weighted by Crippen LogP contribution is 2.13. The minimum atomic E-state index is 0.626. The summed E-state index contributed by atoms with van der Waals surface area (Å²) in [7, 11) is 0. The Morgan fingerprint density at radius 3 is 2.89 bits per heavy atom. The van der Waals surface area contributed by atoms with Crippen LogP contribution in [0, 0.1) is 6.92 Å². The van der Waals surface area contributed by atoms with Gasteiger partial charge in [-0.25, -0.2) is 4.98 Å². The van der Waals surface area contributed by atoms with Crippen LogP contribution >= 0.6 is 11.8 Å². The fourth-order valence-corrected chi connectivity index (χ4v) is 3.00. The second-order valence-electron chi connectivity index (χ2n) is 4.45. The highest BCUT2D eigenvalue weighted by Gasteiger charge is 2.09. The van der Waals surface area contributed by atoms with Crippen molar-refractivity contribution < 1.29 is 4.74 Å². The molecule has 2 heterocycles. The van der Waals surface area contributed by atoms with Crippen LogP contribution in [0.1, 0.15) is 12.7 Å². The van der Waals surface area contributed by atoms with Gasteiger partial charge in [0.2, 0.25) is 5.88 Å². The van der Waals surface area contributed by atoms with Gasteiger partial charge in [0.05, 0.1) is 6.61 Å². The van der Waals surface area contributed by atoms with Gasteiger partial charge >= 0.3 is 0 Å². The minimum Gasteiger partial charge on any atom is -0.478 e. The topological polar surface area (TPSA) is 50.3 Å². The summed E-state index contributed by atoms with van der Waals surface area (Å²) in [6.45, 7) is 8.83. The molecule has 0 spiro atoms. The van der Waals surface area contributed by atoms with E-state index in [2.05, 4.69) is 20.2 Å². The number of aromatic nitrogens is 2. The third kappa shape index (κ3) is 4.87. The van der Waals surface area contributed by atoms with Crippen molar-refractivity contribution in [3.05, 3.63) is 11.9 Å². The van der Waals surface area contributed by atoms with E-state index in [0.29, 0.717) is 12.5 Å². The molecule has 0 amide bonds. The van der Waals surface area contributed by atoms with E-state index in [1.54, 1.807) is 0 Å². The maximum atomic E-state index is 5.42. The Balaban J connectivity index is 1.81. The van der Waals surface area contributed by atoms with Crippen molar-refractivity contribution >= 4 is 17.6 Å². The quantitative estimate of drug-likeness (QED) is 0.856. The van der Waals surface area contributed by atoms with Gasteiger partial charge in [-0.2, -0.15) is 16.7 Å². The SMILES string of the molecule is CCOc1cc(NCCN2CCSCC2)nc(C)n1. The van der Waals surface area contributed by atoms with Crippen molar-refractivity contribution in [2.24, 2.45) is 0 Å². The van der Waals surface area contributed by atoms with Crippen molar-refractivity contribution in [3.63, 3.8) is 0 Å². The molecule has 1 N–H and O–H groups in total. The highest BCUT2D eigenvalue weighted by molar-refractivity contribution is 7.99. The van der Waals surface area contributed by atoms with E-state index in [4.69, 9.17) is 4.74 Å². The average Bonchev–Trinajstić information content (AvgIpc) is 2.40. The average molecular weight is 282 g/mol. The van der Waals surface area contributed by atoms with Gasteiger partial charge < -0.3 is 10.1 Å². The second-order valence-corrected chi connectivity index (χ2v) is 5.68. The number of hydrogen-bond acceptors (Lipinski definition) is 6. The van der Waals surface area contributed by atoms with Crippen LogP contribution in [-0.2, 0) is 0 Å². The lowest BCUT2D eigenvalue weighted by molar-refractivity contribution is 0.314. The van der Waals surface area contributed by atoms with E-state index in [9.17, 15) is 0 Å². The fraction of sp³-hybridized carbons (Fsp3) is 0.692. The first-order valence-electron chi connectivity index (χ1n) is 6.80. The van der Waals surface area contributed by atoms with Crippen molar-refractivity contribution in [1.82, 2.24) is 14.9 Å². The van der Waals surface area contributed by atoms with Gasteiger partial charge in [-0.05, 0) is 13.8 Å². The second kappa shape index (κ2) is 7.55. The Bertz CT molecular complexity index is 396. The Morgan fingerprint density at radius 2 is 2.16 bits per heavy atom. The largest absolute Gasteiger partial charge is 0.478 e. The molecular formula is C13H22N4OS. The van der Waals surface area contributed by atoms with Crippen LogP contribution in [0.2, 0.25) is 0 Å². The smallest absolute Gasteiger partial charge is 0.218 e. The predicted molar refractivity (Wildman–Crippen MR) is 80.2 cm³/mol. The first-order valence-corrected chi connectivity index (χ1v) is 7.96. The summed E-state index contributed by atoms with van der Waals surface area (Å²) in [4.78, 5) is 11.1. The van der Waals surface area contributed by atoms with Crippen molar-refractivity contribution in [3.8, 4) is 5.88 Å². The maximum absolute atomic E-state index is 5.42. The van der Waals surface area contributed by atoms with E-state index in [1.807, 2.05) is 31.7 Å². The van der Waals surface area contributed by atoms with E-state index in [-0.39, 0.29) is 0 Å². The number of nitrogens with zero attached hydrogens (tertiary/aromatic N) is 3. The summed E-state index contributed by atoms with van der Waals surface area (Å²) in [5, 5.41) is 3.35. The van der Waals surface area contributed by atoms with Crippen molar-refractivity contribution in [1.29, 1.82) is 0 Å². The zero-order valence-electron chi connectivity index (χ0n) is 11.7. The molecule has 1 aromatic heterocycles. The molecule has 19 heavy (non-hydrogen) atoms. The molecule has 1 aromatic rings. The molecule has 0 unspecified atom stereocenters. The van der Waals surface area contributed by atoms with E-state index in [1.165, 1.54) is 24.6 Å². The summed E-state index contributed by atoms with van der Waals surface area (Å²) >= 11 is 2.04. The van der Waals surface area contributed by atoms with Crippen LogP contribution in [0.3, 0.4) is 0 Å². The lowest BCUT2D eigenvalue weighted by Crippen LogP contribution is -2.36. The van der Waals surface area contributed by atoms with Crippen molar-refractivity contribution in [2.45, 2.75) is 13.8 Å². The van der Waals surface area contributed by atoms with Crippen LogP contribution in [0.4, 0.5) is 5.82 Å². The molecule has 5 nitrogen and oxygen atoms in total. The number of ether oxygens (including phenoxy) is 1. The van der Waals surface area contributed by atoms with Crippen LogP contribution in [0.15, 0.2) is 6.07 Å². The van der Waals surface area contributed by atoms with Gasteiger partial charge in [-0.15, -0.1) is 0 Å². The van der Waals surface area contributed by atoms with Crippen LogP contribution in [0.5, 0.6) is 5.88 Å². The van der Waals surface area contributed by atoms with Gasteiger partial charge in [0, 0.05) is 43.8 Å². The number of aryl methyl sites for hydroxylation is 1. The van der Waals surface area contributed by atoms with Crippen molar-refractivity contribution in [2.75, 3.05) is 49.6 Å². The Kier molecular flexibility index (Phi) is 5.72. The first-order chi connectivity index (χ1) is 9.28. The zero-order chi connectivity index (χ0) is 13.5. The molecule has 0 aromatic carbocycles. The molecule has 1 aliphatic rings. The molecule has 1 aliphatic heterocycles. The van der Waals surface area contributed by atoms with Crippen LogP contribution < -0.4 is 10.1 Å². The predicted octanol–water partition coefficient (Wildman–Crippen LogP) is 1.64. The molecule has 0 saturated carbocycles. The normalized spacial score (nSPS) is 16.3. The molecule has 0 radical (unpaired) electrons. The lowest BCUT2D eigenvalue weighted by Gasteiger charge is -2.26. The Hall–Kier alpha value is -1.01. The van der Waals surface area contributed by atoms with Gasteiger partial charge in [-0.3, -0.25) is 4.90 Å². The lowest BCUT2D eigenvalue weighted by atomic mass is 10.4. The molecule has 106 valence electrons. The molecule has 1 saturated heterocycles. The summed E-state index contributed by atoms with van der Waals surface area (Å²) in [5.41, 5.74) is 0. The monoisotopic (exact) mass is 282 g/mol. The number of nitrogens with one attached hydrogen (secondary N) is 1. The summed E-state index contributed by atoms with van der Waals surface area (Å²) in [6.07, 6.45) is 0. The molecular weight excluding hydrogens is 260 g/mol. The molecule has 0 atom stereocenters. The highest BCUT2D eigenvalue weighted by atomic mass is 32.2. The summed E-state index contributed by atoms with van der Waals surface area (Å²) in [6, 6.07) is 1.86. The molecule has 6 heteroatoms. The van der Waals surface area contributed by atoms with E-state index >= 15 is 0 Å². The third-order valence-electron chi connectivity index (χ3n) is 2.94. The first kappa shape index (κ1) is 14.4. The number of rotatable bonds is 6. The summed E-state index contributed by atoms with van der Waals surface area (Å²) < 4.78 is 5.42. The van der Waals surface area contributed by atoms with E-state index in [0.717, 1.165) is 24.7 Å². The molecule has 0 bridgehead atoms. The minimum absolute atomic E-state index is 0.626. The molecule has 1 fully saturated rings. The Morgan fingerprint density at radius 1 is 1.37 bits per heavy atom. The number of anilines is 1.